The second kappa shape index (κ2) is 5.82. The summed E-state index contributed by atoms with van der Waals surface area (Å²) in [7, 11) is 0. The number of nitrogens with two attached hydrogens (primary N) is 1. The van der Waals surface area contributed by atoms with Gasteiger partial charge in [0.1, 0.15) is 11.3 Å². The molecule has 0 aliphatic carbocycles. The van der Waals surface area contributed by atoms with Gasteiger partial charge in [0, 0.05) is 17.7 Å². The van der Waals surface area contributed by atoms with E-state index in [9.17, 15) is 10.4 Å². The molecular formula is C18H13N7O. The molecule has 0 aliphatic heterocycles. The Morgan fingerprint density at radius 1 is 1.15 bits per heavy atom. The van der Waals surface area contributed by atoms with E-state index in [1.54, 1.807) is 30.3 Å². The summed E-state index contributed by atoms with van der Waals surface area (Å²) >= 11 is 0. The van der Waals surface area contributed by atoms with Crippen LogP contribution in [-0.4, -0.2) is 30.1 Å². The Kier molecular flexibility index (Phi) is 3.48. The lowest BCUT2D eigenvalue weighted by Crippen LogP contribution is -2.06. The Morgan fingerprint density at radius 2 is 2.00 bits per heavy atom. The minimum absolute atomic E-state index is 0.0849. The van der Waals surface area contributed by atoms with Gasteiger partial charge >= 0.3 is 0 Å². The Balaban J connectivity index is 1.91. The van der Waals surface area contributed by atoms with Gasteiger partial charge in [-0.3, -0.25) is 0 Å². The van der Waals surface area contributed by atoms with Gasteiger partial charge in [-0.15, -0.1) is 5.10 Å². The van der Waals surface area contributed by atoms with Gasteiger partial charge < -0.3 is 10.8 Å². The SMILES string of the molecule is Cc1c(C#N)cccc1-c1cc(-n2nnc3cc(O)ccc32)nc(N)n1. The van der Waals surface area contributed by atoms with Crippen molar-refractivity contribution >= 4 is 17.0 Å². The Bertz CT molecular complexity index is 1190. The molecule has 0 fully saturated rings. The van der Waals surface area contributed by atoms with Crippen LogP contribution < -0.4 is 5.73 Å². The summed E-state index contributed by atoms with van der Waals surface area (Å²) in [6.07, 6.45) is 0. The Labute approximate surface area is 148 Å². The van der Waals surface area contributed by atoms with Crippen LogP contribution in [0.2, 0.25) is 0 Å². The van der Waals surface area contributed by atoms with Crippen LogP contribution in [0.1, 0.15) is 11.1 Å². The van der Waals surface area contributed by atoms with Gasteiger partial charge in [0.05, 0.1) is 22.8 Å². The lowest BCUT2D eigenvalue weighted by Gasteiger charge is -2.09. The molecular weight excluding hydrogens is 330 g/mol. The Hall–Kier alpha value is -3.99. The summed E-state index contributed by atoms with van der Waals surface area (Å²) in [5, 5.41) is 27.0. The molecule has 0 saturated carbocycles. The van der Waals surface area contributed by atoms with Crippen molar-refractivity contribution in [3.63, 3.8) is 0 Å². The van der Waals surface area contributed by atoms with Crippen LogP contribution in [0.15, 0.2) is 42.5 Å². The zero-order chi connectivity index (χ0) is 18.3. The van der Waals surface area contributed by atoms with Crippen LogP contribution in [0, 0.1) is 18.3 Å². The number of phenolic OH excluding ortho intramolecular Hbond substituents is 1. The standard InChI is InChI=1S/C18H13N7O/c1-10-11(9-19)3-2-4-13(10)14-8-17(22-18(20)21-14)25-16-6-5-12(26)7-15(16)23-24-25/h2-8,26H,1H3,(H2,20,21,22). The fourth-order valence-corrected chi connectivity index (χ4v) is 2.81. The van der Waals surface area contributed by atoms with E-state index < -0.39 is 0 Å². The van der Waals surface area contributed by atoms with E-state index in [0.717, 1.165) is 11.1 Å². The van der Waals surface area contributed by atoms with Gasteiger partial charge in [-0.2, -0.15) is 14.9 Å². The van der Waals surface area contributed by atoms with Crippen LogP contribution in [-0.2, 0) is 0 Å². The molecule has 26 heavy (non-hydrogen) atoms. The maximum atomic E-state index is 9.58. The van der Waals surface area contributed by atoms with Crippen LogP contribution in [0.4, 0.5) is 5.95 Å². The van der Waals surface area contributed by atoms with Crippen molar-refractivity contribution in [1.29, 1.82) is 5.26 Å². The summed E-state index contributed by atoms with van der Waals surface area (Å²) in [5.74, 6) is 0.639. The number of fused-ring (bicyclic) bond motifs is 1. The van der Waals surface area contributed by atoms with E-state index in [2.05, 4.69) is 26.3 Å². The number of nitrogen functional groups attached to an aromatic ring is 1. The van der Waals surface area contributed by atoms with Crippen LogP contribution in [0.25, 0.3) is 28.1 Å². The summed E-state index contributed by atoms with van der Waals surface area (Å²) < 4.78 is 1.53. The van der Waals surface area contributed by atoms with E-state index in [1.165, 1.54) is 10.7 Å². The highest BCUT2D eigenvalue weighted by molar-refractivity contribution is 5.78. The second-order valence-electron chi connectivity index (χ2n) is 5.73. The molecule has 0 atom stereocenters. The number of hydrogen-bond acceptors (Lipinski definition) is 7. The minimum Gasteiger partial charge on any atom is -0.508 e. The number of phenols is 1. The summed E-state index contributed by atoms with van der Waals surface area (Å²) in [5.41, 5.74) is 9.88. The van der Waals surface area contributed by atoms with Crippen molar-refractivity contribution in [1.82, 2.24) is 25.0 Å². The van der Waals surface area contributed by atoms with Crippen LogP contribution in [0.5, 0.6) is 5.75 Å². The van der Waals surface area contributed by atoms with Gasteiger partial charge in [-0.1, -0.05) is 17.3 Å². The van der Waals surface area contributed by atoms with E-state index in [0.29, 0.717) is 28.1 Å². The van der Waals surface area contributed by atoms with Crippen LogP contribution in [0.3, 0.4) is 0 Å². The lowest BCUT2D eigenvalue weighted by molar-refractivity contribution is 0.476. The molecule has 4 aromatic rings. The summed E-state index contributed by atoms with van der Waals surface area (Å²) in [4.78, 5) is 8.55. The van der Waals surface area contributed by atoms with Crippen molar-refractivity contribution < 1.29 is 5.11 Å². The topological polar surface area (TPSA) is 127 Å². The molecule has 2 heterocycles. The van der Waals surface area contributed by atoms with Gasteiger partial charge in [-0.25, -0.2) is 4.98 Å². The molecule has 126 valence electrons. The first kappa shape index (κ1) is 15.5. The maximum Gasteiger partial charge on any atom is 0.222 e. The average Bonchev–Trinajstić information content (AvgIpc) is 3.04. The van der Waals surface area contributed by atoms with E-state index >= 15 is 0 Å². The largest absolute Gasteiger partial charge is 0.508 e. The fourth-order valence-electron chi connectivity index (χ4n) is 2.81. The zero-order valence-corrected chi connectivity index (χ0v) is 13.7. The number of benzene rings is 2. The van der Waals surface area contributed by atoms with Crippen molar-refractivity contribution in [2.24, 2.45) is 0 Å². The van der Waals surface area contributed by atoms with Crippen molar-refractivity contribution in [2.45, 2.75) is 6.92 Å². The van der Waals surface area contributed by atoms with Crippen LogP contribution >= 0.6 is 0 Å². The monoisotopic (exact) mass is 343 g/mol. The highest BCUT2D eigenvalue weighted by atomic mass is 16.3. The van der Waals surface area contributed by atoms with Crippen molar-refractivity contribution in [2.75, 3.05) is 5.73 Å². The van der Waals surface area contributed by atoms with Gasteiger partial charge in [0.2, 0.25) is 5.95 Å². The number of aromatic nitrogens is 5. The number of rotatable bonds is 2. The molecule has 8 nitrogen and oxygen atoms in total. The van der Waals surface area contributed by atoms with Crippen molar-refractivity contribution in [3.8, 4) is 28.9 Å². The molecule has 0 radical (unpaired) electrons. The Morgan fingerprint density at radius 3 is 2.81 bits per heavy atom. The zero-order valence-electron chi connectivity index (χ0n) is 13.7. The first-order valence-electron chi connectivity index (χ1n) is 7.76. The highest BCUT2D eigenvalue weighted by Gasteiger charge is 2.14. The van der Waals surface area contributed by atoms with E-state index in [-0.39, 0.29) is 11.7 Å². The number of nitriles is 1. The number of hydrogen-bond donors (Lipinski definition) is 2. The highest BCUT2D eigenvalue weighted by Crippen LogP contribution is 2.27. The fraction of sp³-hybridized carbons (Fsp3) is 0.0556. The predicted octanol–water partition coefficient (Wildman–Crippen LogP) is 2.35. The minimum atomic E-state index is 0.0849. The third-order valence-electron chi connectivity index (χ3n) is 4.11. The molecule has 0 unspecified atom stereocenters. The van der Waals surface area contributed by atoms with Crippen molar-refractivity contribution in [3.05, 3.63) is 53.6 Å². The second-order valence-corrected chi connectivity index (χ2v) is 5.73. The molecule has 3 N–H and O–H groups in total. The quantitative estimate of drug-likeness (QED) is 0.572. The normalized spacial score (nSPS) is 10.8. The first-order chi connectivity index (χ1) is 12.6. The van der Waals surface area contributed by atoms with Gasteiger partial charge in [0.25, 0.3) is 0 Å². The molecule has 2 aromatic heterocycles. The molecule has 8 heteroatoms. The molecule has 0 bridgehead atoms. The number of nitrogens with zero attached hydrogens (tertiary/aromatic N) is 6. The molecule has 0 spiro atoms. The summed E-state index contributed by atoms with van der Waals surface area (Å²) in [6.45, 7) is 1.86. The average molecular weight is 343 g/mol. The van der Waals surface area contributed by atoms with Gasteiger partial charge in [0.15, 0.2) is 5.82 Å². The molecule has 2 aromatic carbocycles. The third kappa shape index (κ3) is 2.48. The first-order valence-corrected chi connectivity index (χ1v) is 7.76. The molecule has 0 saturated heterocycles. The number of aromatic hydroxyl groups is 1. The molecule has 4 rings (SSSR count). The smallest absolute Gasteiger partial charge is 0.222 e. The summed E-state index contributed by atoms with van der Waals surface area (Å²) in [6, 6.07) is 14.1. The maximum absolute atomic E-state index is 9.58. The van der Waals surface area contributed by atoms with E-state index in [1.807, 2.05) is 13.0 Å². The lowest BCUT2D eigenvalue weighted by atomic mass is 10.0. The molecule has 0 amide bonds. The van der Waals surface area contributed by atoms with E-state index in [4.69, 9.17) is 5.73 Å². The van der Waals surface area contributed by atoms with Gasteiger partial charge in [-0.05, 0) is 30.7 Å². The molecule has 0 aliphatic rings. The third-order valence-corrected chi connectivity index (χ3v) is 4.11. The number of anilines is 1. The predicted molar refractivity (Wildman–Crippen MR) is 95.4 cm³/mol.